The van der Waals surface area contributed by atoms with Crippen molar-refractivity contribution in [1.29, 1.82) is 0 Å². The molecular formula is C46H35NO. The molecule has 2 aliphatic rings. The lowest BCUT2D eigenvalue weighted by Crippen LogP contribution is -2.14. The minimum absolute atomic E-state index is 0.0411. The number of para-hydroxylation sites is 2. The van der Waals surface area contributed by atoms with E-state index < -0.39 is 0 Å². The van der Waals surface area contributed by atoms with Gasteiger partial charge in [-0.2, -0.15) is 0 Å². The lowest BCUT2D eigenvalue weighted by molar-refractivity contribution is 0.478. The highest BCUT2D eigenvalue weighted by molar-refractivity contribution is 6.24. The predicted octanol–water partition coefficient (Wildman–Crippen LogP) is 12.0. The highest BCUT2D eigenvalue weighted by Crippen LogP contribution is 2.54. The summed E-state index contributed by atoms with van der Waals surface area (Å²) in [7, 11) is 0. The third-order valence-electron chi connectivity index (χ3n) is 10.7. The van der Waals surface area contributed by atoms with Crippen molar-refractivity contribution in [3.8, 4) is 50.3 Å². The number of fused-ring (bicyclic) bond motifs is 8. The molecule has 2 heteroatoms. The fraction of sp³-hybridized carbons (Fsp3) is 0.0870. The van der Waals surface area contributed by atoms with E-state index in [9.17, 15) is 0 Å². The van der Waals surface area contributed by atoms with Gasteiger partial charge < -0.3 is 10.8 Å². The fourth-order valence-electron chi connectivity index (χ4n) is 8.39. The van der Waals surface area contributed by atoms with Gasteiger partial charge in [0.1, 0.15) is 5.75 Å². The van der Waals surface area contributed by atoms with Gasteiger partial charge in [0, 0.05) is 5.41 Å². The monoisotopic (exact) mass is 617 g/mol. The summed E-state index contributed by atoms with van der Waals surface area (Å²) in [4.78, 5) is 0. The first-order valence-corrected chi connectivity index (χ1v) is 16.6. The molecule has 8 aromatic carbocycles. The molecule has 0 fully saturated rings. The molecule has 0 saturated carbocycles. The minimum Gasteiger partial charge on any atom is -0.506 e. The zero-order valence-electron chi connectivity index (χ0n) is 27.3. The van der Waals surface area contributed by atoms with E-state index in [1.54, 1.807) is 24.3 Å². The van der Waals surface area contributed by atoms with E-state index in [1.807, 2.05) is 0 Å². The highest BCUT2D eigenvalue weighted by Gasteiger charge is 2.36. The number of phenolic OH excluding ortho intramolecular Hbond substituents is 1. The molecular weight excluding hydrogens is 583 g/mol. The van der Waals surface area contributed by atoms with Gasteiger partial charge in [-0.1, -0.05) is 129 Å². The Kier molecular flexibility index (Phi) is 6.10. The van der Waals surface area contributed by atoms with E-state index in [0.717, 1.165) is 0 Å². The van der Waals surface area contributed by atoms with Crippen molar-refractivity contribution in [2.75, 3.05) is 5.73 Å². The van der Waals surface area contributed by atoms with Crippen molar-refractivity contribution < 1.29 is 5.11 Å². The maximum atomic E-state index is 8.79. The molecule has 0 bridgehead atoms. The first-order chi connectivity index (χ1) is 23.3. The maximum Gasteiger partial charge on any atom is 0.138 e. The zero-order valence-corrected chi connectivity index (χ0v) is 27.3. The quantitative estimate of drug-likeness (QED) is 0.109. The highest BCUT2D eigenvalue weighted by atomic mass is 16.3. The van der Waals surface area contributed by atoms with E-state index in [4.69, 9.17) is 10.8 Å². The summed E-state index contributed by atoms with van der Waals surface area (Å²) in [5.41, 5.74) is 20.7. The topological polar surface area (TPSA) is 46.2 Å². The summed E-state index contributed by atoms with van der Waals surface area (Å²) in [6, 6.07) is 50.1. The number of hydrogen-bond acceptors (Lipinski definition) is 2. The fourth-order valence-corrected chi connectivity index (χ4v) is 8.39. The molecule has 230 valence electrons. The largest absolute Gasteiger partial charge is 0.506 e. The first kappa shape index (κ1) is 28.4. The molecule has 3 N–H and O–H groups in total. The number of aromatic hydroxyl groups is 1. The normalized spacial score (nSPS) is 13.2. The maximum absolute atomic E-state index is 8.79. The van der Waals surface area contributed by atoms with E-state index in [1.165, 1.54) is 93.5 Å². The van der Waals surface area contributed by atoms with Crippen LogP contribution in [-0.4, -0.2) is 5.11 Å². The zero-order chi connectivity index (χ0) is 32.7. The lowest BCUT2D eigenvalue weighted by atomic mass is 9.80. The molecule has 0 aliphatic heterocycles. The molecule has 10 rings (SSSR count). The molecule has 0 atom stereocenters. The number of rotatable bonds is 1. The van der Waals surface area contributed by atoms with Crippen molar-refractivity contribution in [2.45, 2.75) is 26.2 Å². The number of nitrogens with two attached hydrogens (primary N) is 1. The molecule has 0 amide bonds. The SMILES string of the molecule is Cc1c2ccccc2c(-c2ccc3c4c(cccc24)-c2ccccc2-3)c2cc3c(cc12)-c1ccccc1C3(C)C.Nc1ccccc1O. The van der Waals surface area contributed by atoms with Crippen molar-refractivity contribution in [2.24, 2.45) is 0 Å². The summed E-state index contributed by atoms with van der Waals surface area (Å²) >= 11 is 0. The Bertz CT molecular complexity index is 2580. The van der Waals surface area contributed by atoms with E-state index in [0.29, 0.717) is 5.69 Å². The van der Waals surface area contributed by atoms with E-state index >= 15 is 0 Å². The molecule has 0 saturated heterocycles. The Labute approximate surface area is 280 Å². The second-order valence-electron chi connectivity index (χ2n) is 13.7. The van der Waals surface area contributed by atoms with Crippen LogP contribution >= 0.6 is 0 Å². The van der Waals surface area contributed by atoms with Gasteiger partial charge in [0.2, 0.25) is 0 Å². The third-order valence-corrected chi connectivity index (χ3v) is 10.7. The third kappa shape index (κ3) is 3.93. The minimum atomic E-state index is -0.0411. The van der Waals surface area contributed by atoms with Gasteiger partial charge in [-0.3, -0.25) is 0 Å². The Balaban J connectivity index is 0.000000347. The summed E-state index contributed by atoms with van der Waals surface area (Å²) in [6.07, 6.45) is 0. The second-order valence-corrected chi connectivity index (χ2v) is 13.7. The first-order valence-electron chi connectivity index (χ1n) is 16.6. The smallest absolute Gasteiger partial charge is 0.138 e. The van der Waals surface area contributed by atoms with Crippen LogP contribution in [0.3, 0.4) is 0 Å². The molecule has 0 heterocycles. The number of aryl methyl sites for hydroxylation is 1. The number of nitrogen functional groups attached to an aromatic ring is 1. The van der Waals surface area contributed by atoms with Gasteiger partial charge in [-0.25, -0.2) is 0 Å². The van der Waals surface area contributed by atoms with Crippen molar-refractivity contribution >= 4 is 38.0 Å². The van der Waals surface area contributed by atoms with Crippen molar-refractivity contribution in [3.63, 3.8) is 0 Å². The molecule has 2 nitrogen and oxygen atoms in total. The van der Waals surface area contributed by atoms with Gasteiger partial charge >= 0.3 is 0 Å². The molecule has 0 aromatic heterocycles. The Morgan fingerprint density at radius 2 is 1.04 bits per heavy atom. The van der Waals surface area contributed by atoms with Crippen molar-refractivity contribution in [1.82, 2.24) is 0 Å². The standard InChI is InChI=1S/C40H28.C6H7NO/c1-23-24-11-4-7-15-28(24)39(35-22-37-34(21-33(23)35)27-14-8-9-18-36(27)40(37,2)3)32-20-19-31-26-13-6-5-12-25(26)29-16-10-17-30(32)38(29)31;7-5-3-1-2-4-6(5)8/h4-22H,1-3H3;1-4,8H,7H2. The van der Waals surface area contributed by atoms with Gasteiger partial charge in [0.15, 0.2) is 0 Å². The Hall–Kier alpha value is -5.86. The summed E-state index contributed by atoms with van der Waals surface area (Å²) < 4.78 is 0. The van der Waals surface area contributed by atoms with Gasteiger partial charge in [-0.15, -0.1) is 0 Å². The number of benzene rings is 8. The molecule has 8 aromatic rings. The Morgan fingerprint density at radius 1 is 0.458 bits per heavy atom. The average Bonchev–Trinajstić information content (AvgIpc) is 3.56. The second kappa shape index (κ2) is 10.3. The van der Waals surface area contributed by atoms with Crippen LogP contribution in [0.15, 0.2) is 140 Å². The Morgan fingerprint density at radius 3 is 1.77 bits per heavy atom. The van der Waals surface area contributed by atoms with Gasteiger partial charge in [0.05, 0.1) is 5.69 Å². The van der Waals surface area contributed by atoms with Crippen LogP contribution in [0, 0.1) is 6.92 Å². The molecule has 0 radical (unpaired) electrons. The molecule has 2 aliphatic carbocycles. The van der Waals surface area contributed by atoms with Crippen LogP contribution in [0.25, 0.3) is 76.8 Å². The van der Waals surface area contributed by atoms with Crippen LogP contribution in [0.1, 0.15) is 30.5 Å². The van der Waals surface area contributed by atoms with Gasteiger partial charge in [-0.05, 0) is 125 Å². The summed E-state index contributed by atoms with van der Waals surface area (Å²) in [5, 5.41) is 16.9. The average molecular weight is 618 g/mol. The summed E-state index contributed by atoms with van der Waals surface area (Å²) in [6.45, 7) is 7.07. The number of hydrogen-bond donors (Lipinski definition) is 2. The van der Waals surface area contributed by atoms with Crippen LogP contribution in [0.4, 0.5) is 5.69 Å². The molecule has 48 heavy (non-hydrogen) atoms. The predicted molar refractivity (Wildman–Crippen MR) is 204 cm³/mol. The van der Waals surface area contributed by atoms with Crippen LogP contribution in [0.2, 0.25) is 0 Å². The molecule has 0 spiro atoms. The van der Waals surface area contributed by atoms with Crippen LogP contribution < -0.4 is 5.73 Å². The number of phenols is 1. The van der Waals surface area contributed by atoms with Crippen molar-refractivity contribution in [3.05, 3.63) is 156 Å². The summed E-state index contributed by atoms with van der Waals surface area (Å²) in [5.74, 6) is 0.146. The van der Waals surface area contributed by atoms with E-state index in [2.05, 4.69) is 136 Å². The van der Waals surface area contributed by atoms with Crippen LogP contribution in [0.5, 0.6) is 5.75 Å². The van der Waals surface area contributed by atoms with Gasteiger partial charge in [0.25, 0.3) is 0 Å². The lowest BCUT2D eigenvalue weighted by Gasteiger charge is -2.23. The van der Waals surface area contributed by atoms with Crippen LogP contribution in [-0.2, 0) is 5.41 Å². The number of anilines is 1. The molecule has 0 unspecified atom stereocenters. The van der Waals surface area contributed by atoms with E-state index in [-0.39, 0.29) is 11.2 Å².